The lowest BCUT2D eigenvalue weighted by atomic mass is 10.2. The van der Waals surface area contributed by atoms with Crippen LogP contribution in [-0.2, 0) is 10.0 Å². The first-order chi connectivity index (χ1) is 7.80. The van der Waals surface area contributed by atoms with Gasteiger partial charge < -0.3 is 4.57 Å². The van der Waals surface area contributed by atoms with E-state index in [1.165, 1.54) is 0 Å². The summed E-state index contributed by atoms with van der Waals surface area (Å²) in [6.45, 7) is 3.85. The summed E-state index contributed by atoms with van der Waals surface area (Å²) < 4.78 is 25.8. The average Bonchev–Trinajstić information content (AvgIpc) is 2.55. The van der Waals surface area contributed by atoms with Crippen LogP contribution in [-0.4, -0.2) is 13.0 Å². The molecule has 4 nitrogen and oxygen atoms in total. The maximum Gasteiger partial charge on any atom is 0.253 e. The molecule has 0 saturated heterocycles. The Balaban J connectivity index is 2.91. The molecule has 0 amide bonds. The molecule has 6 heteroatoms. The summed E-state index contributed by atoms with van der Waals surface area (Å²) in [6, 6.07) is 7.27. The summed E-state index contributed by atoms with van der Waals surface area (Å²) >= 11 is 3.38. The van der Waals surface area contributed by atoms with E-state index in [-0.39, 0.29) is 11.1 Å². The molecule has 1 heterocycles. The van der Waals surface area contributed by atoms with E-state index in [1.54, 1.807) is 10.6 Å². The molecule has 0 unspecified atom stereocenters. The van der Waals surface area contributed by atoms with Gasteiger partial charge >= 0.3 is 0 Å². The monoisotopic (exact) mass is 316 g/mol. The number of primary sulfonamides is 1. The quantitative estimate of drug-likeness (QED) is 0.925. The van der Waals surface area contributed by atoms with Crippen molar-refractivity contribution in [2.45, 2.75) is 24.9 Å². The number of benzene rings is 1. The zero-order valence-electron chi connectivity index (χ0n) is 9.51. The van der Waals surface area contributed by atoms with E-state index < -0.39 is 10.0 Å². The van der Waals surface area contributed by atoms with E-state index in [0.29, 0.717) is 0 Å². The van der Waals surface area contributed by atoms with Crippen LogP contribution in [0.2, 0.25) is 0 Å². The number of hydrogen-bond donors (Lipinski definition) is 1. The van der Waals surface area contributed by atoms with Crippen LogP contribution in [0.1, 0.15) is 19.9 Å². The van der Waals surface area contributed by atoms with Gasteiger partial charge in [0.1, 0.15) is 0 Å². The number of fused-ring (bicyclic) bond motifs is 1. The Bertz CT molecular complexity index is 674. The maximum atomic E-state index is 11.6. The third-order valence-corrected chi connectivity index (χ3v) is 3.97. The summed E-state index contributed by atoms with van der Waals surface area (Å²) in [7, 11) is -3.71. The summed E-state index contributed by atoms with van der Waals surface area (Å²) in [6.07, 6.45) is 0. The Hall–Kier alpha value is -0.850. The van der Waals surface area contributed by atoms with E-state index in [2.05, 4.69) is 15.9 Å². The second kappa shape index (κ2) is 4.12. The molecular weight excluding hydrogens is 304 g/mol. The van der Waals surface area contributed by atoms with Gasteiger partial charge in [-0.3, -0.25) is 0 Å². The molecule has 2 aromatic rings. The van der Waals surface area contributed by atoms with E-state index in [1.807, 2.05) is 32.0 Å². The highest BCUT2D eigenvalue weighted by Crippen LogP contribution is 2.28. The highest BCUT2D eigenvalue weighted by molar-refractivity contribution is 9.10. The predicted octanol–water partition coefficient (Wildman–Crippen LogP) is 2.63. The van der Waals surface area contributed by atoms with E-state index in [4.69, 9.17) is 5.14 Å². The van der Waals surface area contributed by atoms with Crippen LogP contribution in [0.15, 0.2) is 33.8 Å². The largest absolute Gasteiger partial charge is 0.328 e. The minimum Gasteiger partial charge on any atom is -0.328 e. The lowest BCUT2D eigenvalue weighted by Crippen LogP contribution is -2.18. The van der Waals surface area contributed by atoms with Gasteiger partial charge in [-0.2, -0.15) is 0 Å². The van der Waals surface area contributed by atoms with Crippen LogP contribution in [0.3, 0.4) is 0 Å². The molecule has 0 fully saturated rings. The molecule has 17 heavy (non-hydrogen) atoms. The van der Waals surface area contributed by atoms with Crippen molar-refractivity contribution in [3.8, 4) is 0 Å². The van der Waals surface area contributed by atoms with Crippen molar-refractivity contribution in [2.75, 3.05) is 0 Å². The second-order valence-corrected chi connectivity index (χ2v) is 6.62. The van der Waals surface area contributed by atoms with Gasteiger partial charge in [-0.1, -0.05) is 22.0 Å². The molecule has 92 valence electrons. The van der Waals surface area contributed by atoms with Crippen molar-refractivity contribution >= 4 is 36.9 Å². The molecule has 2 rings (SSSR count). The molecule has 2 N–H and O–H groups in total. The maximum absolute atomic E-state index is 11.6. The minimum atomic E-state index is -3.71. The van der Waals surface area contributed by atoms with Crippen LogP contribution < -0.4 is 5.14 Å². The van der Waals surface area contributed by atoms with Crippen molar-refractivity contribution in [2.24, 2.45) is 5.14 Å². The fourth-order valence-electron chi connectivity index (χ4n) is 1.92. The highest BCUT2D eigenvalue weighted by atomic mass is 79.9. The first-order valence-electron chi connectivity index (χ1n) is 5.14. The number of halogens is 1. The van der Waals surface area contributed by atoms with Gasteiger partial charge in [0.05, 0.1) is 5.52 Å². The second-order valence-electron chi connectivity index (χ2n) is 4.19. The number of aromatic nitrogens is 1. The van der Waals surface area contributed by atoms with Crippen molar-refractivity contribution in [1.29, 1.82) is 0 Å². The predicted molar refractivity (Wildman–Crippen MR) is 71.4 cm³/mol. The number of sulfonamides is 1. The smallest absolute Gasteiger partial charge is 0.253 e. The van der Waals surface area contributed by atoms with Crippen molar-refractivity contribution in [3.05, 3.63) is 28.7 Å². The first kappa shape index (κ1) is 12.6. The van der Waals surface area contributed by atoms with Gasteiger partial charge in [0, 0.05) is 15.9 Å². The van der Waals surface area contributed by atoms with Crippen molar-refractivity contribution in [3.63, 3.8) is 0 Å². The van der Waals surface area contributed by atoms with Gasteiger partial charge in [0.25, 0.3) is 10.0 Å². The number of nitrogens with zero attached hydrogens (tertiary/aromatic N) is 1. The molecule has 0 aliphatic carbocycles. The lowest BCUT2D eigenvalue weighted by Gasteiger charge is -2.13. The fourth-order valence-corrected chi connectivity index (χ4v) is 3.14. The number of nitrogens with two attached hydrogens (primary N) is 1. The van der Waals surface area contributed by atoms with Crippen LogP contribution in [0, 0.1) is 0 Å². The molecule has 0 aliphatic heterocycles. The molecule has 0 saturated carbocycles. The molecule has 0 radical (unpaired) electrons. The topological polar surface area (TPSA) is 65.1 Å². The Morgan fingerprint density at radius 1 is 1.29 bits per heavy atom. The van der Waals surface area contributed by atoms with Gasteiger partial charge in [0.15, 0.2) is 5.03 Å². The molecule has 0 bridgehead atoms. The van der Waals surface area contributed by atoms with Crippen molar-refractivity contribution in [1.82, 2.24) is 4.57 Å². The molecule has 0 aliphatic rings. The highest BCUT2D eigenvalue weighted by Gasteiger charge is 2.19. The molecule has 0 atom stereocenters. The van der Waals surface area contributed by atoms with E-state index >= 15 is 0 Å². The summed E-state index contributed by atoms with van der Waals surface area (Å²) in [5.74, 6) is 0. The summed E-state index contributed by atoms with van der Waals surface area (Å²) in [5.41, 5.74) is 0.860. The van der Waals surface area contributed by atoms with Crippen LogP contribution >= 0.6 is 15.9 Å². The van der Waals surface area contributed by atoms with Crippen LogP contribution in [0.5, 0.6) is 0 Å². The van der Waals surface area contributed by atoms with Crippen LogP contribution in [0.25, 0.3) is 10.9 Å². The third kappa shape index (κ3) is 2.25. The Kier molecular flexibility index (Phi) is 3.05. The SMILES string of the molecule is CC(C)n1c(S(N)(=O)=O)cc2ccc(Br)cc21. The fraction of sp³-hybridized carbons (Fsp3) is 0.273. The molecule has 1 aromatic carbocycles. The van der Waals surface area contributed by atoms with Gasteiger partial charge in [-0.15, -0.1) is 0 Å². The first-order valence-corrected chi connectivity index (χ1v) is 7.48. The Morgan fingerprint density at radius 2 is 1.94 bits per heavy atom. The lowest BCUT2D eigenvalue weighted by molar-refractivity contribution is 0.545. The Morgan fingerprint density at radius 3 is 2.47 bits per heavy atom. The normalized spacial score (nSPS) is 12.5. The minimum absolute atomic E-state index is 0.0233. The molecular formula is C11H13BrN2O2S. The molecule has 1 aromatic heterocycles. The van der Waals surface area contributed by atoms with Crippen LogP contribution in [0.4, 0.5) is 0 Å². The summed E-state index contributed by atoms with van der Waals surface area (Å²) in [4.78, 5) is 0. The number of hydrogen-bond acceptors (Lipinski definition) is 2. The van der Waals surface area contributed by atoms with Gasteiger partial charge in [-0.05, 0) is 32.0 Å². The number of rotatable bonds is 2. The zero-order chi connectivity index (χ0) is 12.8. The average molecular weight is 317 g/mol. The van der Waals surface area contributed by atoms with Gasteiger partial charge in [-0.25, -0.2) is 13.6 Å². The zero-order valence-corrected chi connectivity index (χ0v) is 11.9. The summed E-state index contributed by atoms with van der Waals surface area (Å²) in [5, 5.41) is 6.26. The molecule has 0 spiro atoms. The standard InChI is InChI=1S/C11H13BrN2O2S/c1-7(2)14-10-6-9(12)4-3-8(10)5-11(14)17(13,15)16/h3-7H,1-2H3,(H2,13,15,16). The third-order valence-electron chi connectivity index (χ3n) is 2.58. The van der Waals surface area contributed by atoms with Crippen molar-refractivity contribution < 1.29 is 8.42 Å². The van der Waals surface area contributed by atoms with E-state index in [0.717, 1.165) is 15.4 Å². The van der Waals surface area contributed by atoms with E-state index in [9.17, 15) is 8.42 Å². The van der Waals surface area contributed by atoms with Gasteiger partial charge in [0.2, 0.25) is 0 Å². The Labute approximate surface area is 109 Å².